The summed E-state index contributed by atoms with van der Waals surface area (Å²) in [6.45, 7) is 3.34. The number of hydrogen-bond donors (Lipinski definition) is 3. The van der Waals surface area contributed by atoms with E-state index in [-0.39, 0.29) is 12.3 Å². The molecule has 1 aromatic rings. The quantitative estimate of drug-likeness (QED) is 0.756. The standard InChI is InChI=1S/C11H14ClNO3/c1-5-3-8(14)9(6(2)10(5)12)7(4-13)11(15)16/h3,7,14H,4,13H2,1-2H3,(H,15,16). The fraction of sp³-hybridized carbons (Fsp3) is 0.364. The van der Waals surface area contributed by atoms with Crippen LogP contribution in [-0.4, -0.2) is 22.7 Å². The van der Waals surface area contributed by atoms with E-state index in [0.29, 0.717) is 21.7 Å². The number of carboxylic acids is 1. The van der Waals surface area contributed by atoms with Crippen LogP contribution in [0.2, 0.25) is 5.02 Å². The van der Waals surface area contributed by atoms with Gasteiger partial charge in [-0.25, -0.2) is 0 Å². The highest BCUT2D eigenvalue weighted by Crippen LogP contribution is 2.35. The predicted molar refractivity (Wildman–Crippen MR) is 62.0 cm³/mol. The lowest BCUT2D eigenvalue weighted by Gasteiger charge is -2.17. The normalized spacial score (nSPS) is 12.5. The number of halogens is 1. The van der Waals surface area contributed by atoms with Gasteiger partial charge in [-0.15, -0.1) is 0 Å². The highest BCUT2D eigenvalue weighted by molar-refractivity contribution is 6.32. The lowest BCUT2D eigenvalue weighted by molar-refractivity contribution is -0.138. The molecule has 1 aromatic carbocycles. The van der Waals surface area contributed by atoms with Crippen LogP contribution in [0, 0.1) is 13.8 Å². The van der Waals surface area contributed by atoms with E-state index >= 15 is 0 Å². The summed E-state index contributed by atoms with van der Waals surface area (Å²) >= 11 is 6.02. The molecule has 0 radical (unpaired) electrons. The van der Waals surface area contributed by atoms with E-state index in [1.54, 1.807) is 13.8 Å². The number of phenolic OH excluding ortho intramolecular Hbond substituents is 1. The highest BCUT2D eigenvalue weighted by Gasteiger charge is 2.25. The molecule has 0 spiro atoms. The number of benzene rings is 1. The van der Waals surface area contributed by atoms with Crippen molar-refractivity contribution in [2.24, 2.45) is 5.73 Å². The van der Waals surface area contributed by atoms with Crippen LogP contribution in [0.15, 0.2) is 6.07 Å². The topological polar surface area (TPSA) is 83.5 Å². The van der Waals surface area contributed by atoms with E-state index in [4.69, 9.17) is 22.4 Å². The number of rotatable bonds is 3. The second-order valence-electron chi connectivity index (χ2n) is 3.69. The number of aryl methyl sites for hydroxylation is 1. The Balaban J connectivity index is 3.43. The zero-order chi connectivity index (χ0) is 12.5. The summed E-state index contributed by atoms with van der Waals surface area (Å²) in [7, 11) is 0. The fourth-order valence-corrected chi connectivity index (χ4v) is 1.89. The second kappa shape index (κ2) is 4.72. The summed E-state index contributed by atoms with van der Waals surface area (Å²) in [6.07, 6.45) is 0. The summed E-state index contributed by atoms with van der Waals surface area (Å²) in [5.74, 6) is -2.07. The molecule has 0 aliphatic heterocycles. The Morgan fingerprint density at radius 1 is 1.56 bits per heavy atom. The average molecular weight is 244 g/mol. The Labute approximate surface area is 98.6 Å². The van der Waals surface area contributed by atoms with E-state index in [9.17, 15) is 9.90 Å². The molecule has 16 heavy (non-hydrogen) atoms. The van der Waals surface area contributed by atoms with Crippen molar-refractivity contribution < 1.29 is 15.0 Å². The van der Waals surface area contributed by atoms with Gasteiger partial charge in [0, 0.05) is 17.1 Å². The largest absolute Gasteiger partial charge is 0.508 e. The summed E-state index contributed by atoms with van der Waals surface area (Å²) < 4.78 is 0. The van der Waals surface area contributed by atoms with Crippen LogP contribution in [0.1, 0.15) is 22.6 Å². The predicted octanol–water partition coefficient (Wildman–Crippen LogP) is 1.79. The first-order valence-corrected chi connectivity index (χ1v) is 5.19. The van der Waals surface area contributed by atoms with Gasteiger partial charge < -0.3 is 15.9 Å². The molecule has 4 N–H and O–H groups in total. The molecule has 1 unspecified atom stereocenters. The number of hydrogen-bond acceptors (Lipinski definition) is 3. The lowest BCUT2D eigenvalue weighted by Crippen LogP contribution is -2.22. The van der Waals surface area contributed by atoms with Crippen LogP contribution in [0.3, 0.4) is 0 Å². The minimum Gasteiger partial charge on any atom is -0.508 e. The first kappa shape index (κ1) is 12.8. The van der Waals surface area contributed by atoms with Crippen molar-refractivity contribution >= 4 is 17.6 Å². The van der Waals surface area contributed by atoms with Crippen LogP contribution in [0.4, 0.5) is 0 Å². The van der Waals surface area contributed by atoms with E-state index in [1.807, 2.05) is 0 Å². The number of aromatic hydroxyl groups is 1. The van der Waals surface area contributed by atoms with E-state index < -0.39 is 11.9 Å². The van der Waals surface area contributed by atoms with Gasteiger partial charge in [-0.2, -0.15) is 0 Å². The smallest absolute Gasteiger partial charge is 0.312 e. The van der Waals surface area contributed by atoms with Crippen molar-refractivity contribution in [3.63, 3.8) is 0 Å². The molecule has 0 saturated heterocycles. The number of carbonyl (C=O) groups is 1. The third-order valence-electron chi connectivity index (χ3n) is 2.59. The molecular formula is C11H14ClNO3. The maximum Gasteiger partial charge on any atom is 0.312 e. The zero-order valence-corrected chi connectivity index (χ0v) is 9.88. The van der Waals surface area contributed by atoms with Gasteiger partial charge in [0.2, 0.25) is 0 Å². The molecule has 4 nitrogen and oxygen atoms in total. The van der Waals surface area contributed by atoms with Gasteiger partial charge in [0.1, 0.15) is 5.75 Å². The minimum atomic E-state index is -1.07. The van der Waals surface area contributed by atoms with E-state index in [1.165, 1.54) is 6.07 Å². The highest BCUT2D eigenvalue weighted by atomic mass is 35.5. The summed E-state index contributed by atoms with van der Waals surface area (Å²) in [5, 5.41) is 19.2. The molecule has 0 bridgehead atoms. The molecule has 0 heterocycles. The van der Waals surface area contributed by atoms with Gasteiger partial charge in [-0.05, 0) is 31.0 Å². The summed E-state index contributed by atoms with van der Waals surface area (Å²) in [6, 6.07) is 1.45. The Morgan fingerprint density at radius 3 is 2.56 bits per heavy atom. The van der Waals surface area contributed by atoms with Crippen molar-refractivity contribution in [2.45, 2.75) is 19.8 Å². The van der Waals surface area contributed by atoms with Gasteiger partial charge >= 0.3 is 5.97 Å². The number of phenols is 1. The molecule has 0 aromatic heterocycles. The van der Waals surface area contributed by atoms with E-state index in [0.717, 1.165) is 0 Å². The third kappa shape index (κ3) is 2.13. The maximum absolute atomic E-state index is 11.0. The zero-order valence-electron chi connectivity index (χ0n) is 9.12. The van der Waals surface area contributed by atoms with Crippen molar-refractivity contribution in [3.8, 4) is 5.75 Å². The Bertz CT molecular complexity index is 432. The summed E-state index contributed by atoms with van der Waals surface area (Å²) in [5.41, 5.74) is 6.97. The molecule has 0 amide bonds. The Morgan fingerprint density at radius 2 is 2.12 bits per heavy atom. The number of aliphatic carboxylic acids is 1. The molecule has 0 saturated carbocycles. The minimum absolute atomic E-state index is 0.0720. The van der Waals surface area contributed by atoms with E-state index in [2.05, 4.69) is 0 Å². The maximum atomic E-state index is 11.0. The number of nitrogens with two attached hydrogens (primary N) is 1. The van der Waals surface area contributed by atoms with Crippen molar-refractivity contribution in [3.05, 3.63) is 27.8 Å². The molecule has 5 heteroatoms. The van der Waals surface area contributed by atoms with Crippen LogP contribution in [0.25, 0.3) is 0 Å². The van der Waals surface area contributed by atoms with Gasteiger partial charge in [-0.3, -0.25) is 4.79 Å². The van der Waals surface area contributed by atoms with Gasteiger partial charge in [0.05, 0.1) is 5.92 Å². The fourth-order valence-electron chi connectivity index (χ4n) is 1.73. The monoisotopic (exact) mass is 243 g/mol. The van der Waals surface area contributed by atoms with Crippen LogP contribution in [-0.2, 0) is 4.79 Å². The van der Waals surface area contributed by atoms with Crippen LogP contribution < -0.4 is 5.73 Å². The van der Waals surface area contributed by atoms with Gasteiger partial charge in [0.15, 0.2) is 0 Å². The lowest BCUT2D eigenvalue weighted by atomic mass is 9.92. The van der Waals surface area contributed by atoms with Crippen molar-refractivity contribution in [2.75, 3.05) is 6.54 Å². The molecule has 0 fully saturated rings. The molecule has 88 valence electrons. The number of carboxylic acid groups (broad SMARTS) is 1. The van der Waals surface area contributed by atoms with Crippen LogP contribution >= 0.6 is 11.6 Å². The summed E-state index contributed by atoms with van der Waals surface area (Å²) in [4.78, 5) is 11.0. The SMILES string of the molecule is Cc1cc(O)c(C(CN)C(=O)O)c(C)c1Cl. The van der Waals surface area contributed by atoms with Gasteiger partial charge in [0.25, 0.3) is 0 Å². The first-order chi connectivity index (χ1) is 7.40. The average Bonchev–Trinajstić information content (AvgIpc) is 2.20. The first-order valence-electron chi connectivity index (χ1n) is 4.81. The Hall–Kier alpha value is -1.26. The molecule has 0 aliphatic carbocycles. The van der Waals surface area contributed by atoms with Crippen LogP contribution in [0.5, 0.6) is 5.75 Å². The Kier molecular flexibility index (Phi) is 3.78. The molecule has 1 atom stereocenters. The van der Waals surface area contributed by atoms with Crippen molar-refractivity contribution in [1.29, 1.82) is 0 Å². The molecule has 0 aliphatic rings. The van der Waals surface area contributed by atoms with Crippen molar-refractivity contribution in [1.82, 2.24) is 0 Å². The van der Waals surface area contributed by atoms with Gasteiger partial charge in [-0.1, -0.05) is 11.6 Å². The second-order valence-corrected chi connectivity index (χ2v) is 4.07. The molecule has 1 rings (SSSR count). The molecular weight excluding hydrogens is 230 g/mol. The third-order valence-corrected chi connectivity index (χ3v) is 3.17.